The van der Waals surface area contributed by atoms with Crippen molar-refractivity contribution >= 4 is 17.5 Å². The van der Waals surface area contributed by atoms with Crippen molar-refractivity contribution in [3.05, 3.63) is 53.1 Å². The maximum absolute atomic E-state index is 13.8. The van der Waals surface area contributed by atoms with E-state index in [1.165, 1.54) is 6.42 Å². The number of H-pyrrole nitrogens is 1. The molecule has 2 fully saturated rings. The Morgan fingerprint density at radius 3 is 2.53 bits per heavy atom. The standard InChI is InChI=1S/C33H43N7O3/c1-22(2)39-18-16-38(17-19-39)13-8-20-43-24-11-12-25(23(3)21-24)30-29-31(36-35-30)26-9-7-10-27(28(26)32(29)41)34-33(42)37-40-14-5-4-6-15-40/h7,9-12,21-22H,4-6,8,13-20H2,1-3H3,(H,35,36)(H2,34,37,42). The second kappa shape index (κ2) is 12.9. The molecule has 3 aromatic rings. The lowest BCUT2D eigenvalue weighted by Gasteiger charge is -2.36. The van der Waals surface area contributed by atoms with Gasteiger partial charge >= 0.3 is 6.03 Å². The lowest BCUT2D eigenvalue weighted by molar-refractivity contribution is 0.104. The summed E-state index contributed by atoms with van der Waals surface area (Å²) in [6.07, 6.45) is 4.29. The molecule has 10 heteroatoms. The number of aromatic amines is 1. The van der Waals surface area contributed by atoms with Crippen LogP contribution < -0.4 is 15.5 Å². The number of piperidine rings is 1. The highest BCUT2D eigenvalue weighted by Gasteiger charge is 2.35. The smallest absolute Gasteiger partial charge is 0.333 e. The number of hydrazine groups is 1. The van der Waals surface area contributed by atoms with Crippen LogP contribution in [0, 0.1) is 6.92 Å². The molecule has 6 rings (SSSR count). The average Bonchev–Trinajstić information content (AvgIpc) is 3.56. The van der Waals surface area contributed by atoms with Crippen LogP contribution in [0.5, 0.6) is 5.75 Å². The number of rotatable bonds is 9. The van der Waals surface area contributed by atoms with Crippen LogP contribution in [-0.4, -0.2) is 95.3 Å². The molecule has 1 aromatic heterocycles. The predicted octanol–water partition coefficient (Wildman–Crippen LogP) is 4.91. The lowest BCUT2D eigenvalue weighted by Crippen LogP contribution is -2.49. The largest absolute Gasteiger partial charge is 0.494 e. The Labute approximate surface area is 253 Å². The monoisotopic (exact) mass is 585 g/mol. The molecule has 3 heterocycles. The van der Waals surface area contributed by atoms with Crippen molar-refractivity contribution in [2.75, 3.05) is 57.7 Å². The van der Waals surface area contributed by atoms with Gasteiger partial charge in [0.25, 0.3) is 0 Å². The maximum atomic E-state index is 13.8. The zero-order valence-electron chi connectivity index (χ0n) is 25.5. The van der Waals surface area contributed by atoms with Gasteiger partial charge in [-0.1, -0.05) is 18.6 Å². The Morgan fingerprint density at radius 2 is 1.79 bits per heavy atom. The molecule has 0 bridgehead atoms. The zero-order valence-corrected chi connectivity index (χ0v) is 25.5. The Hall–Kier alpha value is -3.73. The van der Waals surface area contributed by atoms with E-state index in [0.717, 1.165) is 87.5 Å². The molecular formula is C33H43N7O3. The number of nitrogens with zero attached hydrogens (tertiary/aromatic N) is 4. The first-order chi connectivity index (χ1) is 20.9. The van der Waals surface area contributed by atoms with Gasteiger partial charge in [-0.05, 0) is 69.9 Å². The molecule has 0 saturated carbocycles. The number of nitrogens with one attached hydrogen (secondary N) is 3. The van der Waals surface area contributed by atoms with Gasteiger partial charge in [-0.25, -0.2) is 9.80 Å². The van der Waals surface area contributed by atoms with Crippen molar-refractivity contribution in [1.29, 1.82) is 0 Å². The van der Waals surface area contributed by atoms with Crippen molar-refractivity contribution in [3.8, 4) is 28.3 Å². The number of urea groups is 1. The third-order valence-electron chi connectivity index (χ3n) is 8.90. The van der Waals surface area contributed by atoms with E-state index in [0.29, 0.717) is 40.9 Å². The van der Waals surface area contributed by atoms with Crippen LogP contribution in [0.4, 0.5) is 10.5 Å². The summed E-state index contributed by atoms with van der Waals surface area (Å²) in [5.74, 6) is 0.680. The molecule has 0 radical (unpaired) electrons. The minimum atomic E-state index is -0.338. The van der Waals surface area contributed by atoms with Crippen molar-refractivity contribution in [1.82, 2.24) is 30.4 Å². The third kappa shape index (κ3) is 6.32. The topological polar surface area (TPSA) is 106 Å². The summed E-state index contributed by atoms with van der Waals surface area (Å²) in [5.41, 5.74) is 8.34. The average molecular weight is 586 g/mol. The number of amides is 2. The highest BCUT2D eigenvalue weighted by molar-refractivity contribution is 6.27. The quantitative estimate of drug-likeness (QED) is 0.240. The fraction of sp³-hybridized carbons (Fsp3) is 0.485. The van der Waals surface area contributed by atoms with Crippen LogP contribution in [0.1, 0.15) is 61.0 Å². The first kappa shape index (κ1) is 29.3. The summed E-state index contributed by atoms with van der Waals surface area (Å²) in [6.45, 7) is 14.4. The summed E-state index contributed by atoms with van der Waals surface area (Å²) < 4.78 is 6.10. The number of hydrogen-bond donors (Lipinski definition) is 3. The van der Waals surface area contributed by atoms with E-state index in [-0.39, 0.29) is 11.8 Å². The van der Waals surface area contributed by atoms with Crippen molar-refractivity contribution in [2.45, 2.75) is 52.5 Å². The van der Waals surface area contributed by atoms with Crippen LogP contribution in [0.15, 0.2) is 36.4 Å². The molecule has 228 valence electrons. The van der Waals surface area contributed by atoms with Crippen LogP contribution in [0.3, 0.4) is 0 Å². The number of aryl methyl sites for hydroxylation is 1. The number of fused-ring (bicyclic) bond motifs is 3. The summed E-state index contributed by atoms with van der Waals surface area (Å²) in [6, 6.07) is 11.7. The van der Waals surface area contributed by atoms with E-state index in [1.807, 2.05) is 42.3 Å². The van der Waals surface area contributed by atoms with Crippen LogP contribution in [0.25, 0.3) is 22.5 Å². The highest BCUT2D eigenvalue weighted by Crippen LogP contribution is 2.43. The van der Waals surface area contributed by atoms with Gasteiger partial charge in [0.1, 0.15) is 11.4 Å². The Balaban J connectivity index is 1.09. The number of hydrogen-bond acceptors (Lipinski definition) is 7. The van der Waals surface area contributed by atoms with Gasteiger partial charge in [0, 0.05) is 63.0 Å². The van der Waals surface area contributed by atoms with Gasteiger partial charge in [0.05, 0.1) is 29.1 Å². The molecule has 0 spiro atoms. The predicted molar refractivity (Wildman–Crippen MR) is 168 cm³/mol. The summed E-state index contributed by atoms with van der Waals surface area (Å²) in [7, 11) is 0. The lowest BCUT2D eigenvalue weighted by atomic mass is 10.00. The number of piperazine rings is 1. The Kier molecular flexibility index (Phi) is 8.78. The van der Waals surface area contributed by atoms with Crippen LogP contribution in [0.2, 0.25) is 0 Å². The Bertz CT molecular complexity index is 1470. The van der Waals surface area contributed by atoms with E-state index in [1.54, 1.807) is 6.07 Å². The molecule has 1 aliphatic carbocycles. The van der Waals surface area contributed by atoms with E-state index < -0.39 is 0 Å². The molecule has 2 aromatic carbocycles. The third-order valence-corrected chi connectivity index (χ3v) is 8.90. The fourth-order valence-electron chi connectivity index (χ4n) is 6.46. The summed E-state index contributed by atoms with van der Waals surface area (Å²) in [4.78, 5) is 31.6. The normalized spacial score (nSPS) is 17.6. The minimum absolute atomic E-state index is 0.142. The van der Waals surface area contributed by atoms with Crippen molar-refractivity contribution in [3.63, 3.8) is 0 Å². The second-order valence-corrected chi connectivity index (χ2v) is 12.1. The molecule has 10 nitrogen and oxygen atoms in total. The summed E-state index contributed by atoms with van der Waals surface area (Å²) >= 11 is 0. The molecule has 43 heavy (non-hydrogen) atoms. The van der Waals surface area contributed by atoms with E-state index >= 15 is 0 Å². The number of carbonyl (C=O) groups is 2. The summed E-state index contributed by atoms with van der Waals surface area (Å²) in [5, 5.41) is 12.5. The Morgan fingerprint density at radius 1 is 1.00 bits per heavy atom. The van der Waals surface area contributed by atoms with E-state index in [4.69, 9.17) is 4.74 Å². The molecule has 0 atom stereocenters. The van der Waals surface area contributed by atoms with Gasteiger partial charge in [-0.15, -0.1) is 0 Å². The molecule has 2 amide bonds. The van der Waals surface area contributed by atoms with Crippen molar-refractivity contribution in [2.24, 2.45) is 0 Å². The number of ketones is 1. The molecular weight excluding hydrogens is 542 g/mol. The van der Waals surface area contributed by atoms with Gasteiger partial charge in [0.15, 0.2) is 5.78 Å². The number of aromatic nitrogens is 2. The number of ether oxygens (including phenoxy) is 1. The van der Waals surface area contributed by atoms with Gasteiger partial charge < -0.3 is 15.0 Å². The van der Waals surface area contributed by atoms with Crippen LogP contribution in [-0.2, 0) is 0 Å². The van der Waals surface area contributed by atoms with Gasteiger partial charge in [-0.2, -0.15) is 5.10 Å². The second-order valence-electron chi connectivity index (χ2n) is 12.1. The maximum Gasteiger partial charge on any atom is 0.333 e. The zero-order chi connectivity index (χ0) is 29.9. The number of anilines is 1. The highest BCUT2D eigenvalue weighted by atomic mass is 16.5. The molecule has 2 saturated heterocycles. The SMILES string of the molecule is Cc1cc(OCCCN2CCN(C(C)C)CC2)ccc1-c1[nH]nc2c1C(=O)c1c(NC(=O)NN3CCCCC3)cccc1-2. The number of benzene rings is 2. The first-order valence-corrected chi connectivity index (χ1v) is 15.7. The van der Waals surface area contributed by atoms with Gasteiger partial charge in [0.2, 0.25) is 0 Å². The van der Waals surface area contributed by atoms with E-state index in [2.05, 4.69) is 44.6 Å². The molecule has 3 N–H and O–H groups in total. The van der Waals surface area contributed by atoms with Gasteiger partial charge in [-0.3, -0.25) is 20.2 Å². The minimum Gasteiger partial charge on any atom is -0.494 e. The first-order valence-electron chi connectivity index (χ1n) is 15.7. The number of carbonyl (C=O) groups excluding carboxylic acids is 2. The van der Waals surface area contributed by atoms with Crippen molar-refractivity contribution < 1.29 is 14.3 Å². The van der Waals surface area contributed by atoms with Crippen LogP contribution >= 0.6 is 0 Å². The fourth-order valence-corrected chi connectivity index (χ4v) is 6.46. The molecule has 0 unspecified atom stereocenters. The molecule has 2 aliphatic heterocycles. The molecule has 3 aliphatic rings. The van der Waals surface area contributed by atoms with E-state index in [9.17, 15) is 9.59 Å².